The van der Waals surface area contributed by atoms with Gasteiger partial charge in [0.05, 0.1) is 20.3 Å². The molecule has 0 bridgehead atoms. The molecule has 5 nitrogen and oxygen atoms in total. The van der Waals surface area contributed by atoms with E-state index in [1.165, 1.54) is 24.1 Å². The number of β-amino-alcohol motifs (C(OH)–C–C–N with tert-alkyl or cyclic N) is 1. The number of hydrogen-bond donors (Lipinski definition) is 2. The molecule has 154 valence electrons. The Morgan fingerprint density at radius 3 is 2.62 bits per heavy atom. The molecule has 1 atom stereocenters. The smallest absolute Gasteiger partial charge is 0.165 e. The van der Waals surface area contributed by atoms with Crippen LogP contribution in [0.25, 0.3) is 10.9 Å². The number of benzene rings is 2. The second-order valence-corrected chi connectivity index (χ2v) is 7.64. The van der Waals surface area contributed by atoms with Gasteiger partial charge in [-0.05, 0) is 73.3 Å². The van der Waals surface area contributed by atoms with Crippen LogP contribution >= 0.6 is 0 Å². The van der Waals surface area contributed by atoms with E-state index in [-0.39, 0.29) is 5.75 Å². The van der Waals surface area contributed by atoms with E-state index in [1.54, 1.807) is 19.2 Å². The average Bonchev–Trinajstić information content (AvgIpc) is 3.17. The summed E-state index contributed by atoms with van der Waals surface area (Å²) in [5.74, 6) is 1.09. The van der Waals surface area contributed by atoms with Crippen molar-refractivity contribution in [3.8, 4) is 11.5 Å². The summed E-state index contributed by atoms with van der Waals surface area (Å²) in [6.45, 7) is 2.30. The van der Waals surface area contributed by atoms with Gasteiger partial charge in [-0.25, -0.2) is 4.39 Å². The summed E-state index contributed by atoms with van der Waals surface area (Å²) in [6.07, 6.45) is 3.44. The molecule has 1 fully saturated rings. The standard InChI is InChI=1S/C23H27FN2O3/c1-28-17-4-5-21-18(12-17)19(13-25-21)15-7-9-26(10-8-15)14-22(27)16-3-6-23(29-2)20(24)11-16/h3-6,11-13,15,22,25,27H,7-10,14H2,1-2H3. The molecule has 6 heteroatoms. The number of rotatable bonds is 6. The highest BCUT2D eigenvalue weighted by Crippen LogP contribution is 2.35. The first-order valence-electron chi connectivity index (χ1n) is 9.98. The van der Waals surface area contributed by atoms with Gasteiger partial charge in [-0.2, -0.15) is 0 Å². The van der Waals surface area contributed by atoms with Gasteiger partial charge < -0.3 is 24.5 Å². The zero-order valence-corrected chi connectivity index (χ0v) is 16.8. The van der Waals surface area contributed by atoms with Gasteiger partial charge >= 0.3 is 0 Å². The topological polar surface area (TPSA) is 57.7 Å². The fourth-order valence-electron chi connectivity index (χ4n) is 4.25. The monoisotopic (exact) mass is 398 g/mol. The third-order valence-electron chi connectivity index (χ3n) is 5.94. The lowest BCUT2D eigenvalue weighted by Gasteiger charge is -2.33. The first-order chi connectivity index (χ1) is 14.1. The van der Waals surface area contributed by atoms with Crippen LogP contribution < -0.4 is 9.47 Å². The quantitative estimate of drug-likeness (QED) is 0.652. The van der Waals surface area contributed by atoms with E-state index < -0.39 is 11.9 Å². The molecule has 0 saturated carbocycles. The van der Waals surface area contributed by atoms with Crippen LogP contribution in [0.4, 0.5) is 4.39 Å². The van der Waals surface area contributed by atoms with Gasteiger partial charge in [0.2, 0.25) is 0 Å². The number of aromatic nitrogens is 1. The number of aromatic amines is 1. The van der Waals surface area contributed by atoms with Gasteiger partial charge in [-0.15, -0.1) is 0 Å². The van der Waals surface area contributed by atoms with Crippen molar-refractivity contribution in [1.82, 2.24) is 9.88 Å². The maximum absolute atomic E-state index is 13.9. The van der Waals surface area contributed by atoms with Gasteiger partial charge in [0.25, 0.3) is 0 Å². The minimum atomic E-state index is -0.718. The molecule has 0 spiro atoms. The van der Waals surface area contributed by atoms with Crippen molar-refractivity contribution in [2.75, 3.05) is 33.9 Å². The number of hydrogen-bond acceptors (Lipinski definition) is 4. The lowest BCUT2D eigenvalue weighted by molar-refractivity contribution is 0.0971. The Morgan fingerprint density at radius 2 is 1.93 bits per heavy atom. The van der Waals surface area contributed by atoms with Crippen LogP contribution in [0.1, 0.15) is 36.0 Å². The molecular formula is C23H27FN2O3. The molecule has 1 aliphatic heterocycles. The van der Waals surface area contributed by atoms with Crippen molar-refractivity contribution < 1.29 is 19.0 Å². The molecule has 3 aromatic rings. The van der Waals surface area contributed by atoms with Crippen molar-refractivity contribution in [3.05, 3.63) is 59.5 Å². The zero-order chi connectivity index (χ0) is 20.4. The Balaban J connectivity index is 1.39. The van der Waals surface area contributed by atoms with Crippen LogP contribution in [0.3, 0.4) is 0 Å². The molecule has 29 heavy (non-hydrogen) atoms. The van der Waals surface area contributed by atoms with Gasteiger partial charge in [-0.3, -0.25) is 0 Å². The van der Waals surface area contributed by atoms with Gasteiger partial charge in [-0.1, -0.05) is 6.07 Å². The molecular weight excluding hydrogens is 371 g/mol. The summed E-state index contributed by atoms with van der Waals surface area (Å²) in [5.41, 5.74) is 3.03. The Labute approximate surface area is 170 Å². The van der Waals surface area contributed by atoms with E-state index >= 15 is 0 Å². The maximum Gasteiger partial charge on any atom is 0.165 e. The Bertz CT molecular complexity index is 979. The molecule has 4 rings (SSSR count). The van der Waals surface area contributed by atoms with Crippen molar-refractivity contribution in [2.45, 2.75) is 24.9 Å². The van der Waals surface area contributed by atoms with Crippen molar-refractivity contribution in [1.29, 1.82) is 0 Å². The number of nitrogens with zero attached hydrogens (tertiary/aromatic N) is 1. The van der Waals surface area contributed by atoms with E-state index in [0.29, 0.717) is 18.0 Å². The van der Waals surface area contributed by atoms with Gasteiger partial charge in [0, 0.05) is 23.6 Å². The molecule has 0 radical (unpaired) electrons. The predicted molar refractivity (Wildman–Crippen MR) is 111 cm³/mol. The SMILES string of the molecule is COc1ccc2[nH]cc(C3CCN(CC(O)c4ccc(OC)c(F)c4)CC3)c2c1. The van der Waals surface area contributed by atoms with E-state index in [9.17, 15) is 9.50 Å². The zero-order valence-electron chi connectivity index (χ0n) is 16.8. The number of aliphatic hydroxyl groups is 1. The predicted octanol–water partition coefficient (Wildman–Crippen LogP) is 4.24. The minimum Gasteiger partial charge on any atom is -0.497 e. The maximum atomic E-state index is 13.9. The van der Waals surface area contributed by atoms with Gasteiger partial charge in [0.1, 0.15) is 5.75 Å². The average molecular weight is 398 g/mol. The molecule has 1 aliphatic rings. The number of halogens is 1. The van der Waals surface area contributed by atoms with E-state index in [1.807, 2.05) is 6.07 Å². The van der Waals surface area contributed by atoms with E-state index in [4.69, 9.17) is 9.47 Å². The molecule has 2 aromatic carbocycles. The van der Waals surface area contributed by atoms with Crippen molar-refractivity contribution >= 4 is 10.9 Å². The van der Waals surface area contributed by atoms with Crippen molar-refractivity contribution in [3.63, 3.8) is 0 Å². The highest BCUT2D eigenvalue weighted by Gasteiger charge is 2.25. The lowest BCUT2D eigenvalue weighted by Crippen LogP contribution is -2.36. The first kappa shape index (κ1) is 19.7. The van der Waals surface area contributed by atoms with E-state index in [2.05, 4.69) is 28.2 Å². The van der Waals surface area contributed by atoms with Crippen LogP contribution in [0, 0.1) is 5.82 Å². The molecule has 2 N–H and O–H groups in total. The number of methoxy groups -OCH3 is 2. The van der Waals surface area contributed by atoms with Crippen molar-refractivity contribution in [2.24, 2.45) is 0 Å². The van der Waals surface area contributed by atoms with Crippen LogP contribution in [0.15, 0.2) is 42.6 Å². The third kappa shape index (κ3) is 4.09. The molecule has 1 aromatic heterocycles. The summed E-state index contributed by atoms with van der Waals surface area (Å²) in [6, 6.07) is 10.8. The van der Waals surface area contributed by atoms with E-state index in [0.717, 1.165) is 37.2 Å². The van der Waals surface area contributed by atoms with Crippen LogP contribution in [0.5, 0.6) is 11.5 Å². The molecule has 2 heterocycles. The summed E-state index contributed by atoms with van der Waals surface area (Å²) in [5, 5.41) is 11.8. The lowest BCUT2D eigenvalue weighted by atomic mass is 9.89. The summed E-state index contributed by atoms with van der Waals surface area (Å²) >= 11 is 0. The highest BCUT2D eigenvalue weighted by atomic mass is 19.1. The molecule has 0 aliphatic carbocycles. The van der Waals surface area contributed by atoms with Gasteiger partial charge in [0.15, 0.2) is 11.6 Å². The number of aliphatic hydroxyl groups excluding tert-OH is 1. The van der Waals surface area contributed by atoms with Crippen LogP contribution in [-0.2, 0) is 0 Å². The second kappa shape index (κ2) is 8.43. The normalized spacial score (nSPS) is 16.8. The third-order valence-corrected chi connectivity index (χ3v) is 5.94. The van der Waals surface area contributed by atoms with Crippen LogP contribution in [-0.4, -0.2) is 48.8 Å². The first-order valence-corrected chi connectivity index (χ1v) is 9.98. The summed E-state index contributed by atoms with van der Waals surface area (Å²) in [4.78, 5) is 5.61. The molecule has 1 unspecified atom stereocenters. The Hall–Kier alpha value is -2.57. The number of ether oxygens (including phenoxy) is 2. The molecule has 0 amide bonds. The number of piperidine rings is 1. The number of likely N-dealkylation sites (tertiary alicyclic amines) is 1. The summed E-state index contributed by atoms with van der Waals surface area (Å²) < 4.78 is 24.2. The van der Waals surface area contributed by atoms with Crippen LogP contribution in [0.2, 0.25) is 0 Å². The number of fused-ring (bicyclic) bond motifs is 1. The fraction of sp³-hybridized carbons (Fsp3) is 0.391. The number of nitrogens with one attached hydrogen (secondary N) is 1. The highest BCUT2D eigenvalue weighted by molar-refractivity contribution is 5.85. The minimum absolute atomic E-state index is 0.192. The summed E-state index contributed by atoms with van der Waals surface area (Å²) in [7, 11) is 3.12. The Morgan fingerprint density at radius 1 is 1.14 bits per heavy atom. The fourth-order valence-corrected chi connectivity index (χ4v) is 4.25. The number of H-pyrrole nitrogens is 1. The second-order valence-electron chi connectivity index (χ2n) is 7.64. The molecule has 1 saturated heterocycles. The Kier molecular flexibility index (Phi) is 5.74. The largest absolute Gasteiger partial charge is 0.497 e.